The lowest BCUT2D eigenvalue weighted by atomic mass is 10.1. The summed E-state index contributed by atoms with van der Waals surface area (Å²) in [6, 6.07) is 0. The van der Waals surface area contributed by atoms with E-state index in [4.69, 9.17) is 0 Å². The van der Waals surface area contributed by atoms with Crippen molar-refractivity contribution in [2.45, 2.75) is 19.0 Å². The molecule has 2 fully saturated rings. The van der Waals surface area contributed by atoms with E-state index in [2.05, 4.69) is 5.32 Å². The van der Waals surface area contributed by atoms with Gasteiger partial charge in [0.15, 0.2) is 0 Å². The highest BCUT2D eigenvalue weighted by Crippen LogP contribution is 2.24. The van der Waals surface area contributed by atoms with E-state index in [1.165, 1.54) is 22.8 Å². The molecule has 0 spiro atoms. The summed E-state index contributed by atoms with van der Waals surface area (Å²) in [5, 5.41) is 3.43. The van der Waals surface area contributed by atoms with Crippen molar-refractivity contribution in [3.8, 4) is 0 Å². The average Bonchev–Trinajstić information content (AvgIpc) is 2.88. The first-order valence-corrected chi connectivity index (χ1v) is 7.76. The predicted molar refractivity (Wildman–Crippen MR) is 68.9 cm³/mol. The Morgan fingerprint density at radius 3 is 2.61 bits per heavy atom. The molecule has 6 heteroatoms. The molecule has 2 atom stereocenters. The van der Waals surface area contributed by atoms with Crippen molar-refractivity contribution in [3.05, 3.63) is 0 Å². The first-order chi connectivity index (χ1) is 8.53. The highest BCUT2D eigenvalue weighted by Gasteiger charge is 2.34. The van der Waals surface area contributed by atoms with E-state index >= 15 is 0 Å². The molecule has 0 amide bonds. The molecule has 2 saturated heterocycles. The molecule has 0 bridgehead atoms. The fourth-order valence-corrected chi connectivity index (χ4v) is 4.00. The monoisotopic (exact) mass is 282 g/mol. The topological polar surface area (TPSA) is 15.3 Å². The molecule has 2 aliphatic heterocycles. The summed E-state index contributed by atoms with van der Waals surface area (Å²) in [4.78, 5) is 1.53. The van der Waals surface area contributed by atoms with Gasteiger partial charge in [-0.05, 0) is 55.8 Å². The van der Waals surface area contributed by atoms with Crippen molar-refractivity contribution in [1.29, 1.82) is 0 Å². The minimum atomic E-state index is -4.05. The molecule has 2 aliphatic rings. The summed E-state index contributed by atoms with van der Waals surface area (Å²) < 4.78 is 36.7. The van der Waals surface area contributed by atoms with Crippen molar-refractivity contribution < 1.29 is 13.2 Å². The SMILES string of the molecule is FC(F)(F)CN1CCC(CNCC2CCSC2)C1. The smallest absolute Gasteiger partial charge is 0.316 e. The summed E-state index contributed by atoms with van der Waals surface area (Å²) in [5.74, 6) is 3.65. The fraction of sp³-hybridized carbons (Fsp3) is 1.00. The second kappa shape index (κ2) is 6.48. The van der Waals surface area contributed by atoms with E-state index in [0.717, 1.165) is 25.4 Å². The van der Waals surface area contributed by atoms with Gasteiger partial charge in [0.1, 0.15) is 0 Å². The quantitative estimate of drug-likeness (QED) is 0.832. The third-order valence-electron chi connectivity index (χ3n) is 3.66. The van der Waals surface area contributed by atoms with Crippen LogP contribution in [0.4, 0.5) is 13.2 Å². The van der Waals surface area contributed by atoms with Gasteiger partial charge in [0.2, 0.25) is 0 Å². The van der Waals surface area contributed by atoms with Crippen LogP contribution in [0.25, 0.3) is 0 Å². The highest BCUT2D eigenvalue weighted by molar-refractivity contribution is 7.99. The molecule has 0 aromatic rings. The van der Waals surface area contributed by atoms with E-state index in [9.17, 15) is 13.2 Å². The van der Waals surface area contributed by atoms with Gasteiger partial charge in [-0.2, -0.15) is 24.9 Å². The Morgan fingerprint density at radius 2 is 1.94 bits per heavy atom. The van der Waals surface area contributed by atoms with Crippen LogP contribution >= 0.6 is 11.8 Å². The van der Waals surface area contributed by atoms with E-state index in [1.54, 1.807) is 0 Å². The lowest BCUT2D eigenvalue weighted by Crippen LogP contribution is -2.34. The van der Waals surface area contributed by atoms with Crippen molar-refractivity contribution in [2.24, 2.45) is 11.8 Å². The Labute approximate surface area is 111 Å². The van der Waals surface area contributed by atoms with Crippen LogP contribution in [0.15, 0.2) is 0 Å². The van der Waals surface area contributed by atoms with E-state index in [1.807, 2.05) is 11.8 Å². The summed E-state index contributed by atoms with van der Waals surface area (Å²) in [6.07, 6.45) is -1.88. The maximum atomic E-state index is 12.2. The number of hydrogen-bond donors (Lipinski definition) is 1. The van der Waals surface area contributed by atoms with Crippen LogP contribution in [0.2, 0.25) is 0 Å². The Morgan fingerprint density at radius 1 is 1.17 bits per heavy atom. The third kappa shape index (κ3) is 4.97. The molecule has 1 N–H and O–H groups in total. The third-order valence-corrected chi connectivity index (χ3v) is 4.89. The lowest BCUT2D eigenvalue weighted by Gasteiger charge is -2.18. The number of hydrogen-bond acceptors (Lipinski definition) is 3. The molecule has 2 heterocycles. The summed E-state index contributed by atoms with van der Waals surface area (Å²) in [7, 11) is 0. The molecule has 0 radical (unpaired) electrons. The fourth-order valence-electron chi connectivity index (χ4n) is 2.71. The van der Waals surface area contributed by atoms with Crippen LogP contribution in [0.1, 0.15) is 12.8 Å². The predicted octanol–water partition coefficient (Wildman–Crippen LogP) is 2.21. The minimum Gasteiger partial charge on any atom is -0.316 e. The van der Waals surface area contributed by atoms with Gasteiger partial charge >= 0.3 is 6.18 Å². The van der Waals surface area contributed by atoms with Crippen LogP contribution in [-0.2, 0) is 0 Å². The number of rotatable bonds is 5. The molecular formula is C12H21F3N2S. The maximum absolute atomic E-state index is 12.2. The molecule has 18 heavy (non-hydrogen) atoms. The zero-order valence-electron chi connectivity index (χ0n) is 10.5. The Balaban J connectivity index is 1.57. The molecule has 0 aliphatic carbocycles. The largest absolute Gasteiger partial charge is 0.401 e. The van der Waals surface area contributed by atoms with Gasteiger partial charge in [-0.25, -0.2) is 0 Å². The summed E-state index contributed by atoms with van der Waals surface area (Å²) in [6.45, 7) is 2.33. The molecule has 2 nitrogen and oxygen atoms in total. The standard InChI is InChI=1S/C12H21F3N2S/c13-12(14,15)9-17-3-1-10(7-17)5-16-6-11-2-4-18-8-11/h10-11,16H,1-9H2. The van der Waals surface area contributed by atoms with Gasteiger partial charge in [0.25, 0.3) is 0 Å². The molecular weight excluding hydrogens is 261 g/mol. The van der Waals surface area contributed by atoms with Crippen LogP contribution in [0, 0.1) is 11.8 Å². The van der Waals surface area contributed by atoms with Crippen molar-refractivity contribution in [3.63, 3.8) is 0 Å². The maximum Gasteiger partial charge on any atom is 0.401 e. The minimum absolute atomic E-state index is 0.390. The van der Waals surface area contributed by atoms with E-state index in [-0.39, 0.29) is 0 Å². The molecule has 2 rings (SSSR count). The molecule has 0 aromatic carbocycles. The van der Waals surface area contributed by atoms with Crippen molar-refractivity contribution >= 4 is 11.8 Å². The van der Waals surface area contributed by atoms with Gasteiger partial charge in [0.05, 0.1) is 6.54 Å². The summed E-state index contributed by atoms with van der Waals surface area (Å²) >= 11 is 2.00. The molecule has 0 aromatic heterocycles. The second-order valence-corrected chi connectivity index (χ2v) is 6.54. The van der Waals surface area contributed by atoms with Gasteiger partial charge in [0, 0.05) is 6.54 Å². The molecule has 0 saturated carbocycles. The Kier molecular flexibility index (Phi) is 5.21. The van der Waals surface area contributed by atoms with Crippen LogP contribution < -0.4 is 5.32 Å². The number of halogens is 3. The zero-order chi connectivity index (χ0) is 13.0. The highest BCUT2D eigenvalue weighted by atomic mass is 32.2. The molecule has 2 unspecified atom stereocenters. The van der Waals surface area contributed by atoms with Crippen LogP contribution in [0.5, 0.6) is 0 Å². The van der Waals surface area contributed by atoms with Crippen molar-refractivity contribution in [2.75, 3.05) is 44.2 Å². The van der Waals surface area contributed by atoms with E-state index < -0.39 is 12.7 Å². The number of nitrogens with zero attached hydrogens (tertiary/aromatic N) is 1. The number of likely N-dealkylation sites (tertiary alicyclic amines) is 1. The van der Waals surface area contributed by atoms with Crippen LogP contribution in [0.3, 0.4) is 0 Å². The summed E-state index contributed by atoms with van der Waals surface area (Å²) in [5.41, 5.74) is 0. The normalized spacial score (nSPS) is 30.2. The zero-order valence-corrected chi connectivity index (χ0v) is 11.3. The average molecular weight is 282 g/mol. The van der Waals surface area contributed by atoms with Gasteiger partial charge in [-0.1, -0.05) is 0 Å². The Hall–Kier alpha value is 0.0600. The lowest BCUT2D eigenvalue weighted by molar-refractivity contribution is -0.143. The molecule has 106 valence electrons. The number of nitrogens with one attached hydrogen (secondary N) is 1. The second-order valence-electron chi connectivity index (χ2n) is 5.39. The Bertz CT molecular complexity index is 254. The first kappa shape index (κ1) is 14.5. The first-order valence-electron chi connectivity index (χ1n) is 6.60. The number of thioether (sulfide) groups is 1. The van der Waals surface area contributed by atoms with Gasteiger partial charge in [-0.15, -0.1) is 0 Å². The van der Waals surface area contributed by atoms with Crippen molar-refractivity contribution in [1.82, 2.24) is 10.2 Å². The number of alkyl halides is 3. The van der Waals surface area contributed by atoms with Gasteiger partial charge in [-0.3, -0.25) is 4.90 Å². The van der Waals surface area contributed by atoms with Gasteiger partial charge < -0.3 is 5.32 Å². The van der Waals surface area contributed by atoms with E-state index in [0.29, 0.717) is 19.0 Å². The van der Waals surface area contributed by atoms with Crippen LogP contribution in [-0.4, -0.2) is 55.3 Å².